The molecule has 2 rings (SSSR count). The molecule has 1 saturated heterocycles. The maximum Gasteiger partial charge on any atom is 0.316 e. The van der Waals surface area contributed by atoms with Gasteiger partial charge in [0.05, 0.1) is 0 Å². The van der Waals surface area contributed by atoms with E-state index in [0.717, 1.165) is 5.56 Å². The number of hydrogen-bond acceptors (Lipinski definition) is 3. The number of rotatable bonds is 5. The van der Waals surface area contributed by atoms with Crippen molar-refractivity contribution in [3.05, 3.63) is 29.8 Å². The van der Waals surface area contributed by atoms with Gasteiger partial charge >= 0.3 is 17.8 Å². The molecule has 1 heterocycles. The van der Waals surface area contributed by atoms with E-state index >= 15 is 0 Å². The van der Waals surface area contributed by atoms with Crippen LogP contribution in [0.1, 0.15) is 18.4 Å². The van der Waals surface area contributed by atoms with Crippen LogP contribution in [-0.4, -0.2) is 36.0 Å². The Morgan fingerprint density at radius 3 is 2.60 bits per heavy atom. The molecule has 6 heteroatoms. The summed E-state index contributed by atoms with van der Waals surface area (Å²) < 4.78 is 0. The summed E-state index contributed by atoms with van der Waals surface area (Å²) in [6, 6.07) is 7.28. The third-order valence-corrected chi connectivity index (χ3v) is 3.16. The van der Waals surface area contributed by atoms with Crippen molar-refractivity contribution in [1.29, 1.82) is 0 Å². The number of aliphatic carboxylic acids is 1. The van der Waals surface area contributed by atoms with Crippen molar-refractivity contribution in [1.82, 2.24) is 5.32 Å². The van der Waals surface area contributed by atoms with Gasteiger partial charge < -0.3 is 15.3 Å². The zero-order chi connectivity index (χ0) is 14.5. The van der Waals surface area contributed by atoms with Gasteiger partial charge in [-0.25, -0.2) is 0 Å². The minimum atomic E-state index is -0.799. The van der Waals surface area contributed by atoms with Gasteiger partial charge in [0.1, 0.15) is 0 Å². The van der Waals surface area contributed by atoms with Crippen molar-refractivity contribution in [2.24, 2.45) is 0 Å². The van der Waals surface area contributed by atoms with Gasteiger partial charge in [0.25, 0.3) is 0 Å². The second-order valence-corrected chi connectivity index (χ2v) is 4.63. The molecule has 0 saturated carbocycles. The summed E-state index contributed by atoms with van der Waals surface area (Å²) in [6.45, 7) is 0.911. The largest absolute Gasteiger partial charge is 0.481 e. The molecule has 0 radical (unpaired) electrons. The molecule has 6 nitrogen and oxygen atoms in total. The van der Waals surface area contributed by atoms with Gasteiger partial charge in [-0.3, -0.25) is 14.4 Å². The molecule has 0 aromatic heterocycles. The fraction of sp³-hybridized carbons (Fsp3) is 0.357. The number of nitrogens with zero attached hydrogens (tertiary/aromatic N) is 1. The van der Waals surface area contributed by atoms with E-state index in [-0.39, 0.29) is 6.42 Å². The van der Waals surface area contributed by atoms with Crippen LogP contribution in [0.5, 0.6) is 0 Å². The number of piperazine rings is 1. The zero-order valence-electron chi connectivity index (χ0n) is 11.0. The van der Waals surface area contributed by atoms with Gasteiger partial charge in [-0.2, -0.15) is 0 Å². The van der Waals surface area contributed by atoms with E-state index in [1.807, 2.05) is 12.1 Å². The molecule has 106 valence electrons. The number of amides is 2. The van der Waals surface area contributed by atoms with E-state index in [9.17, 15) is 14.4 Å². The number of aryl methyl sites for hydroxylation is 1. The van der Waals surface area contributed by atoms with Gasteiger partial charge in [0.2, 0.25) is 0 Å². The fourth-order valence-corrected chi connectivity index (χ4v) is 2.11. The molecule has 1 fully saturated rings. The molecule has 0 aliphatic carbocycles. The lowest BCUT2D eigenvalue weighted by atomic mass is 10.1. The molecule has 2 amide bonds. The highest BCUT2D eigenvalue weighted by Gasteiger charge is 2.26. The number of hydrogen-bond donors (Lipinski definition) is 2. The monoisotopic (exact) mass is 276 g/mol. The average molecular weight is 276 g/mol. The van der Waals surface area contributed by atoms with Crippen LogP contribution in [0.4, 0.5) is 5.69 Å². The summed E-state index contributed by atoms with van der Waals surface area (Å²) in [7, 11) is 0. The molecule has 2 N–H and O–H groups in total. The standard InChI is InChI=1S/C14H16N2O4/c17-12(18)3-1-2-10-4-6-11(7-5-10)16-9-8-15-13(19)14(16)20/h4-7H,1-3,8-9H2,(H,15,19)(H,17,18). The lowest BCUT2D eigenvalue weighted by molar-refractivity contribution is -0.138. The van der Waals surface area contributed by atoms with E-state index in [4.69, 9.17) is 5.11 Å². The van der Waals surface area contributed by atoms with Gasteiger partial charge in [0, 0.05) is 25.2 Å². The first-order valence-electron chi connectivity index (χ1n) is 6.48. The maximum absolute atomic E-state index is 11.7. The quantitative estimate of drug-likeness (QED) is 0.769. The number of carboxylic acids is 1. The molecule has 1 aliphatic rings. The van der Waals surface area contributed by atoms with E-state index < -0.39 is 17.8 Å². The highest BCUT2D eigenvalue weighted by molar-refractivity contribution is 6.41. The Kier molecular flexibility index (Phi) is 4.34. The molecule has 20 heavy (non-hydrogen) atoms. The second kappa shape index (κ2) is 6.18. The minimum Gasteiger partial charge on any atom is -0.481 e. The summed E-state index contributed by atoms with van der Waals surface area (Å²) >= 11 is 0. The number of benzene rings is 1. The van der Waals surface area contributed by atoms with Crippen LogP contribution in [-0.2, 0) is 20.8 Å². The third kappa shape index (κ3) is 3.34. The summed E-state index contributed by atoms with van der Waals surface area (Å²) in [6.07, 6.45) is 1.41. The topological polar surface area (TPSA) is 86.7 Å². The van der Waals surface area contributed by atoms with Crippen molar-refractivity contribution in [2.45, 2.75) is 19.3 Å². The van der Waals surface area contributed by atoms with Gasteiger partial charge in [-0.05, 0) is 30.5 Å². The Bertz CT molecular complexity index is 524. The summed E-state index contributed by atoms with van der Waals surface area (Å²) in [5.74, 6) is -1.93. The first-order chi connectivity index (χ1) is 9.58. The highest BCUT2D eigenvalue weighted by Crippen LogP contribution is 2.17. The predicted octanol–water partition coefficient (Wildman–Crippen LogP) is 0.557. The zero-order valence-corrected chi connectivity index (χ0v) is 11.0. The summed E-state index contributed by atoms with van der Waals surface area (Å²) in [4.78, 5) is 34.9. The molecule has 0 bridgehead atoms. The van der Waals surface area contributed by atoms with Crippen molar-refractivity contribution in [3.8, 4) is 0 Å². The minimum absolute atomic E-state index is 0.145. The number of carbonyl (C=O) groups excluding carboxylic acids is 2. The molecule has 1 aliphatic heterocycles. The Hall–Kier alpha value is -2.37. The van der Waals surface area contributed by atoms with Crippen LogP contribution < -0.4 is 10.2 Å². The van der Waals surface area contributed by atoms with Crippen molar-refractivity contribution < 1.29 is 19.5 Å². The number of anilines is 1. The fourth-order valence-electron chi connectivity index (χ4n) is 2.11. The maximum atomic E-state index is 11.7. The molecular formula is C14H16N2O4. The molecule has 0 unspecified atom stereocenters. The highest BCUT2D eigenvalue weighted by atomic mass is 16.4. The van der Waals surface area contributed by atoms with Crippen molar-refractivity contribution in [3.63, 3.8) is 0 Å². The molecular weight excluding hydrogens is 260 g/mol. The summed E-state index contributed by atoms with van der Waals surface area (Å²) in [5, 5.41) is 11.1. The Morgan fingerprint density at radius 1 is 1.25 bits per heavy atom. The first-order valence-corrected chi connectivity index (χ1v) is 6.48. The predicted molar refractivity (Wildman–Crippen MR) is 72.4 cm³/mol. The van der Waals surface area contributed by atoms with Crippen LogP contribution in [0.15, 0.2) is 24.3 Å². The number of carboxylic acid groups (broad SMARTS) is 1. The Morgan fingerprint density at radius 2 is 1.95 bits per heavy atom. The van der Waals surface area contributed by atoms with E-state index in [1.54, 1.807) is 12.1 Å². The Labute approximate surface area is 116 Å². The third-order valence-electron chi connectivity index (χ3n) is 3.16. The molecule has 0 atom stereocenters. The molecule has 0 spiro atoms. The number of carbonyl (C=O) groups is 3. The smallest absolute Gasteiger partial charge is 0.316 e. The number of nitrogens with one attached hydrogen (secondary N) is 1. The van der Waals surface area contributed by atoms with Crippen LogP contribution in [0.2, 0.25) is 0 Å². The normalized spacial score (nSPS) is 15.1. The van der Waals surface area contributed by atoms with Gasteiger partial charge in [-0.15, -0.1) is 0 Å². The van der Waals surface area contributed by atoms with Gasteiger partial charge in [-0.1, -0.05) is 12.1 Å². The molecule has 1 aromatic rings. The van der Waals surface area contributed by atoms with Gasteiger partial charge in [0.15, 0.2) is 0 Å². The van der Waals surface area contributed by atoms with Crippen molar-refractivity contribution in [2.75, 3.05) is 18.0 Å². The summed E-state index contributed by atoms with van der Waals surface area (Å²) in [5.41, 5.74) is 1.70. The SMILES string of the molecule is O=C(O)CCCc1ccc(N2CCNC(=O)C2=O)cc1. The van der Waals surface area contributed by atoms with E-state index in [1.165, 1.54) is 4.90 Å². The van der Waals surface area contributed by atoms with E-state index in [0.29, 0.717) is 31.6 Å². The average Bonchev–Trinajstić information content (AvgIpc) is 2.42. The Balaban J connectivity index is 1.99. The lowest BCUT2D eigenvalue weighted by Crippen LogP contribution is -2.52. The second-order valence-electron chi connectivity index (χ2n) is 4.63. The van der Waals surface area contributed by atoms with Crippen LogP contribution in [0.3, 0.4) is 0 Å². The lowest BCUT2D eigenvalue weighted by Gasteiger charge is -2.26. The van der Waals surface area contributed by atoms with E-state index in [2.05, 4.69) is 5.32 Å². The van der Waals surface area contributed by atoms with Crippen molar-refractivity contribution >= 4 is 23.5 Å². The van der Waals surface area contributed by atoms with Crippen LogP contribution >= 0.6 is 0 Å². The van der Waals surface area contributed by atoms with Crippen LogP contribution in [0, 0.1) is 0 Å². The molecule has 1 aromatic carbocycles. The first kappa shape index (κ1) is 14.0. The van der Waals surface area contributed by atoms with Crippen LogP contribution in [0.25, 0.3) is 0 Å².